The zero-order valence-electron chi connectivity index (χ0n) is 10.5. The summed E-state index contributed by atoms with van der Waals surface area (Å²) >= 11 is 0. The van der Waals surface area contributed by atoms with Crippen LogP contribution in [0, 0.1) is 0 Å². The van der Waals surface area contributed by atoms with Crippen molar-refractivity contribution in [2.45, 2.75) is 32.7 Å². The van der Waals surface area contributed by atoms with Crippen molar-refractivity contribution in [1.82, 2.24) is 0 Å². The van der Waals surface area contributed by atoms with Gasteiger partial charge in [0.15, 0.2) is 0 Å². The van der Waals surface area contributed by atoms with Crippen LogP contribution in [0.1, 0.15) is 27.2 Å². The molecular weight excluding hydrogens is 218 g/mol. The quantitative estimate of drug-likeness (QED) is 0.798. The number of hydrogen-bond donors (Lipinski definition) is 2. The second kappa shape index (κ2) is 5.57. The Balaban J connectivity index is 2.86. The number of rotatable bonds is 6. The van der Waals surface area contributed by atoms with E-state index < -0.39 is 11.5 Å². The number of nitrogens with one attached hydrogen (secondary N) is 1. The molecule has 0 spiro atoms. The Bertz CT molecular complexity index is 392. The molecule has 0 aliphatic rings. The molecular formula is C13H19NO3. The van der Waals surface area contributed by atoms with Crippen LogP contribution in [0.3, 0.4) is 0 Å². The molecule has 0 aliphatic carbocycles. The Morgan fingerprint density at radius 2 is 2.18 bits per heavy atom. The van der Waals surface area contributed by atoms with E-state index in [1.807, 2.05) is 32.0 Å². The summed E-state index contributed by atoms with van der Waals surface area (Å²) in [5, 5.41) is 12.2. The van der Waals surface area contributed by atoms with Crippen LogP contribution in [-0.4, -0.2) is 23.2 Å². The first kappa shape index (κ1) is 13.4. The SMILES string of the molecule is CCOc1cccc(NC(C)(CC)C(=O)O)c1. The molecule has 0 aliphatic heterocycles. The predicted molar refractivity (Wildman–Crippen MR) is 67.6 cm³/mol. The molecule has 0 saturated heterocycles. The third kappa shape index (κ3) is 3.37. The Kier molecular flexibility index (Phi) is 4.37. The van der Waals surface area contributed by atoms with Gasteiger partial charge >= 0.3 is 5.97 Å². The molecule has 94 valence electrons. The lowest BCUT2D eigenvalue weighted by Gasteiger charge is -2.26. The third-order valence-electron chi connectivity index (χ3n) is 2.74. The third-order valence-corrected chi connectivity index (χ3v) is 2.74. The normalized spacial score (nSPS) is 13.8. The second-order valence-electron chi connectivity index (χ2n) is 4.08. The van der Waals surface area contributed by atoms with Crippen molar-refractivity contribution in [1.29, 1.82) is 0 Å². The fourth-order valence-corrected chi connectivity index (χ4v) is 1.44. The lowest BCUT2D eigenvalue weighted by Crippen LogP contribution is -2.42. The zero-order chi connectivity index (χ0) is 12.9. The van der Waals surface area contributed by atoms with Crippen LogP contribution < -0.4 is 10.1 Å². The van der Waals surface area contributed by atoms with Gasteiger partial charge in [-0.1, -0.05) is 13.0 Å². The highest BCUT2D eigenvalue weighted by molar-refractivity contribution is 5.82. The van der Waals surface area contributed by atoms with Gasteiger partial charge in [0.25, 0.3) is 0 Å². The molecule has 0 saturated carbocycles. The molecule has 17 heavy (non-hydrogen) atoms. The molecule has 1 aromatic carbocycles. The number of carboxylic acid groups (broad SMARTS) is 1. The maximum atomic E-state index is 11.2. The summed E-state index contributed by atoms with van der Waals surface area (Å²) in [5.41, 5.74) is -0.201. The number of aliphatic carboxylic acids is 1. The summed E-state index contributed by atoms with van der Waals surface area (Å²) in [7, 11) is 0. The minimum Gasteiger partial charge on any atom is -0.494 e. The molecule has 2 N–H and O–H groups in total. The van der Waals surface area contributed by atoms with E-state index in [1.165, 1.54) is 0 Å². The van der Waals surface area contributed by atoms with E-state index in [-0.39, 0.29) is 0 Å². The highest BCUT2D eigenvalue weighted by Crippen LogP contribution is 2.22. The summed E-state index contributed by atoms with van der Waals surface area (Å²) in [6.45, 7) is 6.01. The molecule has 0 bridgehead atoms. The van der Waals surface area contributed by atoms with Crippen molar-refractivity contribution in [2.75, 3.05) is 11.9 Å². The van der Waals surface area contributed by atoms with Crippen molar-refractivity contribution in [3.8, 4) is 5.75 Å². The number of ether oxygens (including phenoxy) is 1. The van der Waals surface area contributed by atoms with Crippen molar-refractivity contribution in [2.24, 2.45) is 0 Å². The number of benzene rings is 1. The van der Waals surface area contributed by atoms with E-state index in [2.05, 4.69) is 5.32 Å². The summed E-state index contributed by atoms with van der Waals surface area (Å²) in [6, 6.07) is 7.32. The molecule has 0 aromatic heterocycles. The average molecular weight is 237 g/mol. The van der Waals surface area contributed by atoms with Gasteiger partial charge in [-0.05, 0) is 32.4 Å². The molecule has 0 fully saturated rings. The minimum absolute atomic E-state index is 0.501. The first-order chi connectivity index (χ1) is 8.01. The van der Waals surface area contributed by atoms with Crippen LogP contribution in [0.15, 0.2) is 24.3 Å². The Hall–Kier alpha value is -1.71. The lowest BCUT2D eigenvalue weighted by atomic mass is 9.99. The Morgan fingerprint density at radius 1 is 1.47 bits per heavy atom. The molecule has 1 aromatic rings. The number of hydrogen-bond acceptors (Lipinski definition) is 3. The van der Waals surface area contributed by atoms with Gasteiger partial charge < -0.3 is 15.2 Å². The molecule has 1 unspecified atom stereocenters. The van der Waals surface area contributed by atoms with E-state index >= 15 is 0 Å². The summed E-state index contributed by atoms with van der Waals surface area (Å²) in [4.78, 5) is 11.2. The van der Waals surface area contributed by atoms with Gasteiger partial charge in [0.1, 0.15) is 11.3 Å². The smallest absolute Gasteiger partial charge is 0.329 e. The van der Waals surface area contributed by atoms with Crippen molar-refractivity contribution in [3.63, 3.8) is 0 Å². The van der Waals surface area contributed by atoms with Crippen molar-refractivity contribution >= 4 is 11.7 Å². The van der Waals surface area contributed by atoms with Gasteiger partial charge in [-0.25, -0.2) is 4.79 Å². The minimum atomic E-state index is -0.954. The van der Waals surface area contributed by atoms with E-state index in [0.717, 1.165) is 11.4 Å². The Morgan fingerprint density at radius 3 is 2.71 bits per heavy atom. The maximum absolute atomic E-state index is 11.2. The van der Waals surface area contributed by atoms with E-state index in [1.54, 1.807) is 13.0 Å². The van der Waals surface area contributed by atoms with Crippen LogP contribution in [0.25, 0.3) is 0 Å². The summed E-state index contributed by atoms with van der Waals surface area (Å²) in [5.74, 6) is -0.122. The summed E-state index contributed by atoms with van der Waals surface area (Å²) in [6.07, 6.45) is 0.501. The molecule has 0 amide bonds. The average Bonchev–Trinajstić information content (AvgIpc) is 2.29. The Labute approximate surface area is 102 Å². The van der Waals surface area contributed by atoms with Crippen LogP contribution in [0.4, 0.5) is 5.69 Å². The van der Waals surface area contributed by atoms with Crippen molar-refractivity contribution < 1.29 is 14.6 Å². The highest BCUT2D eigenvalue weighted by Gasteiger charge is 2.30. The fourth-order valence-electron chi connectivity index (χ4n) is 1.44. The highest BCUT2D eigenvalue weighted by atomic mass is 16.5. The standard InChI is InChI=1S/C13H19NO3/c1-4-13(3,12(15)16)14-10-7-6-8-11(9-10)17-5-2/h6-9,14H,4-5H2,1-3H3,(H,15,16). The predicted octanol–water partition coefficient (Wildman–Crippen LogP) is 2.75. The van der Waals surface area contributed by atoms with Gasteiger partial charge in [-0.2, -0.15) is 0 Å². The topological polar surface area (TPSA) is 58.6 Å². The van der Waals surface area contributed by atoms with Crippen LogP contribution in [0.5, 0.6) is 5.75 Å². The van der Waals surface area contributed by atoms with E-state index in [9.17, 15) is 9.90 Å². The first-order valence-electron chi connectivity index (χ1n) is 5.76. The van der Waals surface area contributed by atoms with E-state index in [4.69, 9.17) is 4.74 Å². The largest absolute Gasteiger partial charge is 0.494 e. The fraction of sp³-hybridized carbons (Fsp3) is 0.462. The lowest BCUT2D eigenvalue weighted by molar-refractivity contribution is -0.141. The van der Waals surface area contributed by atoms with Gasteiger partial charge in [0.05, 0.1) is 6.61 Å². The molecule has 0 heterocycles. The van der Waals surface area contributed by atoms with Gasteiger partial charge in [0.2, 0.25) is 0 Å². The molecule has 4 heteroatoms. The zero-order valence-corrected chi connectivity index (χ0v) is 10.5. The van der Waals surface area contributed by atoms with Crippen LogP contribution in [-0.2, 0) is 4.79 Å². The van der Waals surface area contributed by atoms with Gasteiger partial charge in [-0.3, -0.25) is 0 Å². The van der Waals surface area contributed by atoms with Gasteiger partial charge in [-0.15, -0.1) is 0 Å². The maximum Gasteiger partial charge on any atom is 0.329 e. The molecule has 1 atom stereocenters. The molecule has 0 radical (unpaired) electrons. The van der Waals surface area contributed by atoms with Crippen LogP contribution >= 0.6 is 0 Å². The monoisotopic (exact) mass is 237 g/mol. The van der Waals surface area contributed by atoms with Gasteiger partial charge in [0, 0.05) is 11.8 Å². The molecule has 4 nitrogen and oxygen atoms in total. The number of carbonyl (C=O) groups is 1. The molecule has 1 rings (SSSR count). The van der Waals surface area contributed by atoms with Crippen molar-refractivity contribution in [3.05, 3.63) is 24.3 Å². The summed E-state index contributed by atoms with van der Waals surface area (Å²) < 4.78 is 5.37. The first-order valence-corrected chi connectivity index (χ1v) is 5.76. The van der Waals surface area contributed by atoms with Crippen LogP contribution in [0.2, 0.25) is 0 Å². The number of anilines is 1. The number of carboxylic acids is 1. The second-order valence-corrected chi connectivity index (χ2v) is 4.08. The van der Waals surface area contributed by atoms with E-state index in [0.29, 0.717) is 13.0 Å².